The molecule has 1 aromatic carbocycles. The third-order valence-corrected chi connectivity index (χ3v) is 9.92. The van der Waals surface area contributed by atoms with Gasteiger partial charge in [-0.2, -0.15) is 0 Å². The molecule has 0 spiro atoms. The van der Waals surface area contributed by atoms with Gasteiger partial charge in [0.15, 0.2) is 5.13 Å². The minimum atomic E-state index is -0.686. The van der Waals surface area contributed by atoms with Crippen LogP contribution >= 0.6 is 11.3 Å². The lowest BCUT2D eigenvalue weighted by Crippen LogP contribution is -2.48. The molecule has 0 radical (unpaired) electrons. The topological polar surface area (TPSA) is 59.9 Å². The highest BCUT2D eigenvalue weighted by Crippen LogP contribution is 2.39. The van der Waals surface area contributed by atoms with Crippen LogP contribution in [0.3, 0.4) is 0 Å². The number of hydrogen-bond donors (Lipinski definition) is 1. The van der Waals surface area contributed by atoms with E-state index < -0.39 is 12.0 Å². The second-order valence-corrected chi connectivity index (χ2v) is 12.5. The van der Waals surface area contributed by atoms with Gasteiger partial charge in [-0.1, -0.05) is 38.3 Å². The van der Waals surface area contributed by atoms with Gasteiger partial charge in [0.1, 0.15) is 11.9 Å². The fourth-order valence-electron chi connectivity index (χ4n) is 7.32. The van der Waals surface area contributed by atoms with Crippen molar-refractivity contribution < 1.29 is 14.3 Å². The number of nitrogens with zero attached hydrogens (tertiary/aromatic N) is 4. The highest BCUT2D eigenvalue weighted by molar-refractivity contribution is 7.13. The highest BCUT2D eigenvalue weighted by Gasteiger charge is 2.43. The predicted octanol–water partition coefficient (Wildman–Crippen LogP) is 5.71. The molecule has 3 aliphatic rings. The molecule has 5 rings (SSSR count). The normalized spacial score (nSPS) is 25.0. The number of piperidine rings is 1. The van der Waals surface area contributed by atoms with Gasteiger partial charge in [0.25, 0.3) is 0 Å². The first-order valence-electron chi connectivity index (χ1n) is 14.6. The van der Waals surface area contributed by atoms with Crippen LogP contribution in [0.1, 0.15) is 69.8 Å². The highest BCUT2D eigenvalue weighted by atomic mass is 32.1. The Labute approximate surface area is 230 Å². The number of carboxylic acids is 1. The number of carbonyl (C=O) groups is 1. The van der Waals surface area contributed by atoms with Crippen molar-refractivity contribution in [3.8, 4) is 0 Å². The number of aliphatic carboxylic acids is 1. The number of anilines is 1. The van der Waals surface area contributed by atoms with Crippen LogP contribution in [0.5, 0.6) is 0 Å². The van der Waals surface area contributed by atoms with Crippen LogP contribution in [0, 0.1) is 17.7 Å². The van der Waals surface area contributed by atoms with E-state index in [1.165, 1.54) is 12.5 Å². The van der Waals surface area contributed by atoms with Crippen molar-refractivity contribution >= 4 is 22.4 Å². The van der Waals surface area contributed by atoms with E-state index in [4.69, 9.17) is 0 Å². The molecule has 1 N–H and O–H groups in total. The smallest absolute Gasteiger partial charge is 0.321 e. The zero-order valence-electron chi connectivity index (χ0n) is 22.7. The number of thiazole rings is 1. The average Bonchev–Trinajstić information content (AvgIpc) is 3.59. The van der Waals surface area contributed by atoms with Crippen molar-refractivity contribution in [3.05, 3.63) is 47.2 Å². The number of likely N-dealkylation sites (tertiary alicyclic amines) is 2. The van der Waals surface area contributed by atoms with E-state index in [1.807, 2.05) is 12.3 Å². The van der Waals surface area contributed by atoms with Crippen LogP contribution in [0.15, 0.2) is 35.8 Å². The van der Waals surface area contributed by atoms with Crippen LogP contribution in [-0.4, -0.2) is 77.2 Å². The molecule has 1 aromatic heterocycles. The molecule has 2 saturated heterocycles. The molecule has 3 fully saturated rings. The van der Waals surface area contributed by atoms with Gasteiger partial charge in [0.05, 0.1) is 0 Å². The summed E-state index contributed by atoms with van der Waals surface area (Å²) in [4.78, 5) is 24.4. The lowest BCUT2D eigenvalue weighted by atomic mass is 9.83. The summed E-state index contributed by atoms with van der Waals surface area (Å²) < 4.78 is 14.3. The van der Waals surface area contributed by atoms with Gasteiger partial charge in [-0.25, -0.2) is 9.37 Å². The maximum Gasteiger partial charge on any atom is 0.321 e. The van der Waals surface area contributed by atoms with Crippen molar-refractivity contribution in [1.29, 1.82) is 0 Å². The van der Waals surface area contributed by atoms with E-state index in [9.17, 15) is 14.3 Å². The quantitative estimate of drug-likeness (QED) is 0.415. The van der Waals surface area contributed by atoms with Crippen molar-refractivity contribution in [3.63, 3.8) is 0 Å². The monoisotopic (exact) mass is 542 g/mol. The molecular formula is C30H43FN4O2S. The van der Waals surface area contributed by atoms with E-state index in [1.54, 1.807) is 23.5 Å². The van der Waals surface area contributed by atoms with Gasteiger partial charge < -0.3 is 14.9 Å². The van der Waals surface area contributed by atoms with Gasteiger partial charge in [-0.3, -0.25) is 9.69 Å². The molecule has 0 amide bonds. The van der Waals surface area contributed by atoms with E-state index in [0.717, 1.165) is 88.4 Å². The first kappa shape index (κ1) is 27.5. The molecule has 2 aliphatic heterocycles. The maximum atomic E-state index is 14.3. The Morgan fingerprint density at radius 1 is 1.18 bits per heavy atom. The number of benzene rings is 1. The molecule has 208 valence electrons. The Morgan fingerprint density at radius 3 is 2.63 bits per heavy atom. The number of aromatic nitrogens is 1. The van der Waals surface area contributed by atoms with E-state index in [-0.39, 0.29) is 17.7 Å². The Kier molecular flexibility index (Phi) is 9.33. The number of hydrogen-bond acceptors (Lipinski definition) is 6. The first-order chi connectivity index (χ1) is 18.5. The van der Waals surface area contributed by atoms with Crippen molar-refractivity contribution in [1.82, 2.24) is 14.8 Å². The van der Waals surface area contributed by atoms with E-state index >= 15 is 0 Å². The van der Waals surface area contributed by atoms with Crippen molar-refractivity contribution in [2.24, 2.45) is 11.8 Å². The Morgan fingerprint density at radius 2 is 1.97 bits per heavy atom. The molecule has 8 heteroatoms. The van der Waals surface area contributed by atoms with Crippen LogP contribution in [0.2, 0.25) is 0 Å². The fraction of sp³-hybridized carbons (Fsp3) is 0.667. The van der Waals surface area contributed by atoms with Crippen molar-refractivity contribution in [2.75, 3.05) is 44.2 Å². The summed E-state index contributed by atoms with van der Waals surface area (Å²) in [6, 6.07) is 7.08. The summed E-state index contributed by atoms with van der Waals surface area (Å²) in [6.45, 7) is 7.75. The second-order valence-electron chi connectivity index (χ2n) is 11.6. The van der Waals surface area contributed by atoms with Crippen LogP contribution in [0.25, 0.3) is 0 Å². The standard InChI is InChI=1S/C30H43FN4O2S/c1-2-14-35(30-32-13-17-38-30)26-11-15-33(16-12-26)19-24-20-34(21-27(24)23-9-6-10-25(31)18-23)28(29(36)37)22-7-4-3-5-8-22/h6,9-10,13,17-18,22,24,26-28H,2-5,7-8,11-12,14-16,19-21H2,1H3,(H,36,37)/t24-,27+,28+/m0/s1. The molecule has 1 aliphatic carbocycles. The summed E-state index contributed by atoms with van der Waals surface area (Å²) in [5.74, 6) is -0.222. The summed E-state index contributed by atoms with van der Waals surface area (Å²) in [7, 11) is 0. The van der Waals surface area contributed by atoms with Gasteiger partial charge >= 0.3 is 5.97 Å². The summed E-state index contributed by atoms with van der Waals surface area (Å²) >= 11 is 1.72. The zero-order valence-corrected chi connectivity index (χ0v) is 23.5. The zero-order chi connectivity index (χ0) is 26.5. The molecule has 1 saturated carbocycles. The molecule has 2 aromatic rings. The minimum Gasteiger partial charge on any atom is -0.480 e. The summed E-state index contributed by atoms with van der Waals surface area (Å²) in [5, 5.41) is 13.5. The molecule has 38 heavy (non-hydrogen) atoms. The average molecular weight is 543 g/mol. The fourth-order valence-corrected chi connectivity index (χ4v) is 8.06. The molecule has 0 bridgehead atoms. The van der Waals surface area contributed by atoms with Crippen LogP contribution < -0.4 is 4.90 Å². The molecular weight excluding hydrogens is 499 g/mol. The molecule has 3 heterocycles. The maximum absolute atomic E-state index is 14.3. The van der Waals surface area contributed by atoms with E-state index in [2.05, 4.69) is 32.0 Å². The lowest BCUT2D eigenvalue weighted by molar-refractivity contribution is -0.145. The van der Waals surface area contributed by atoms with Gasteiger partial charge in [0, 0.05) is 62.8 Å². The van der Waals surface area contributed by atoms with Crippen LogP contribution in [0.4, 0.5) is 9.52 Å². The minimum absolute atomic E-state index is 0.153. The lowest BCUT2D eigenvalue weighted by Gasteiger charge is -2.39. The number of halogens is 1. The summed E-state index contributed by atoms with van der Waals surface area (Å²) in [5.41, 5.74) is 1.01. The molecule has 6 nitrogen and oxygen atoms in total. The van der Waals surface area contributed by atoms with Gasteiger partial charge in [0.2, 0.25) is 0 Å². The second kappa shape index (κ2) is 12.9. The molecule has 0 unspecified atom stereocenters. The third kappa shape index (κ3) is 6.40. The van der Waals surface area contributed by atoms with E-state index in [0.29, 0.717) is 18.5 Å². The summed E-state index contributed by atoms with van der Waals surface area (Å²) in [6.07, 6.45) is 10.7. The number of carboxylic acid groups (broad SMARTS) is 1. The molecule has 3 atom stereocenters. The van der Waals surface area contributed by atoms with Gasteiger partial charge in [-0.15, -0.1) is 11.3 Å². The van der Waals surface area contributed by atoms with Gasteiger partial charge in [-0.05, 0) is 61.6 Å². The Hall–Kier alpha value is -2.03. The van der Waals surface area contributed by atoms with Crippen molar-refractivity contribution in [2.45, 2.75) is 76.3 Å². The predicted molar refractivity (Wildman–Crippen MR) is 151 cm³/mol. The Bertz CT molecular complexity index is 1020. The Balaban J connectivity index is 1.28. The first-order valence-corrected chi connectivity index (χ1v) is 15.5. The largest absolute Gasteiger partial charge is 0.480 e. The SMILES string of the molecule is CCCN(c1nccs1)C1CCN(C[C@H]2CN([C@@H](C(=O)O)C3CCCCC3)C[C@@H]2c2cccc(F)c2)CC1. The number of rotatable bonds is 10. The third-order valence-electron chi connectivity index (χ3n) is 9.11. The van der Waals surface area contributed by atoms with Crippen LogP contribution in [-0.2, 0) is 4.79 Å².